The third-order valence-corrected chi connectivity index (χ3v) is 6.26. The number of alkyl halides is 3. The molecular weight excluding hydrogens is 450 g/mol. The summed E-state index contributed by atoms with van der Waals surface area (Å²) in [7, 11) is 0. The highest BCUT2D eigenvalue weighted by atomic mass is 19.4. The van der Waals surface area contributed by atoms with E-state index in [1.54, 1.807) is 17.3 Å². The SMILES string of the molecule is Fc1ccc(C(F)(F)F)c(CN2CCCNc3ncc(-c4cnn(C5CCNCC5)c4)nc32)c1. The molecule has 180 valence electrons. The van der Waals surface area contributed by atoms with Crippen molar-refractivity contribution < 1.29 is 17.6 Å². The van der Waals surface area contributed by atoms with Crippen LogP contribution in [0.4, 0.5) is 29.2 Å². The van der Waals surface area contributed by atoms with Crippen LogP contribution < -0.4 is 15.5 Å². The highest BCUT2D eigenvalue weighted by Gasteiger charge is 2.34. The van der Waals surface area contributed by atoms with Crippen molar-refractivity contribution in [2.45, 2.75) is 38.0 Å². The fourth-order valence-electron chi connectivity index (χ4n) is 4.52. The van der Waals surface area contributed by atoms with Crippen LogP contribution >= 0.6 is 0 Å². The molecule has 0 unspecified atom stereocenters. The van der Waals surface area contributed by atoms with E-state index in [9.17, 15) is 17.6 Å². The van der Waals surface area contributed by atoms with Gasteiger partial charge in [-0.2, -0.15) is 18.3 Å². The number of halogens is 4. The Balaban J connectivity index is 1.47. The second-order valence-electron chi connectivity index (χ2n) is 8.62. The quantitative estimate of drug-likeness (QED) is 0.550. The predicted octanol–water partition coefficient (Wildman–Crippen LogP) is 4.24. The van der Waals surface area contributed by atoms with E-state index in [1.807, 2.05) is 10.9 Å². The van der Waals surface area contributed by atoms with Crippen LogP contribution in [0.3, 0.4) is 0 Å². The van der Waals surface area contributed by atoms with Crippen LogP contribution in [0.2, 0.25) is 0 Å². The fraction of sp³-hybridized carbons (Fsp3) is 0.435. The molecule has 0 bridgehead atoms. The van der Waals surface area contributed by atoms with Gasteiger partial charge in [-0.05, 0) is 56.1 Å². The van der Waals surface area contributed by atoms with Crippen LogP contribution in [0.1, 0.15) is 36.4 Å². The number of rotatable bonds is 4. The molecule has 2 N–H and O–H groups in total. The number of nitrogens with one attached hydrogen (secondary N) is 2. The lowest BCUT2D eigenvalue weighted by Crippen LogP contribution is -2.29. The van der Waals surface area contributed by atoms with Gasteiger partial charge in [0.15, 0.2) is 11.6 Å². The third-order valence-electron chi connectivity index (χ3n) is 6.26. The predicted molar refractivity (Wildman–Crippen MR) is 120 cm³/mol. The van der Waals surface area contributed by atoms with Gasteiger partial charge >= 0.3 is 6.18 Å². The molecule has 11 heteroatoms. The van der Waals surface area contributed by atoms with Gasteiger partial charge < -0.3 is 15.5 Å². The normalized spacial score (nSPS) is 17.2. The van der Waals surface area contributed by atoms with Gasteiger partial charge in [-0.25, -0.2) is 14.4 Å². The van der Waals surface area contributed by atoms with Crippen molar-refractivity contribution in [2.75, 3.05) is 36.4 Å². The first-order chi connectivity index (χ1) is 16.4. The van der Waals surface area contributed by atoms with Crippen LogP contribution in [0.5, 0.6) is 0 Å². The molecule has 0 aliphatic carbocycles. The van der Waals surface area contributed by atoms with Crippen LogP contribution in [-0.4, -0.2) is 45.9 Å². The zero-order chi connectivity index (χ0) is 23.7. The maximum atomic E-state index is 13.9. The van der Waals surface area contributed by atoms with Gasteiger partial charge in [0.2, 0.25) is 0 Å². The summed E-state index contributed by atoms with van der Waals surface area (Å²) in [6, 6.07) is 2.89. The minimum atomic E-state index is -4.58. The summed E-state index contributed by atoms with van der Waals surface area (Å²) in [5, 5.41) is 11.0. The number of fused-ring (bicyclic) bond motifs is 1. The summed E-state index contributed by atoms with van der Waals surface area (Å²) < 4.78 is 56.5. The Bertz CT molecular complexity index is 1150. The first-order valence-electron chi connectivity index (χ1n) is 11.4. The summed E-state index contributed by atoms with van der Waals surface area (Å²) in [4.78, 5) is 11.0. The Labute approximate surface area is 194 Å². The lowest BCUT2D eigenvalue weighted by atomic mass is 10.1. The monoisotopic (exact) mass is 475 g/mol. The summed E-state index contributed by atoms with van der Waals surface area (Å²) in [6.07, 6.45) is 3.40. The molecule has 0 saturated carbocycles. The van der Waals surface area contributed by atoms with Crippen molar-refractivity contribution in [1.29, 1.82) is 0 Å². The highest BCUT2D eigenvalue weighted by Crippen LogP contribution is 2.35. The number of benzene rings is 1. The molecule has 1 aromatic carbocycles. The number of nitrogens with zero attached hydrogens (tertiary/aromatic N) is 5. The molecule has 4 heterocycles. The lowest BCUT2D eigenvalue weighted by molar-refractivity contribution is -0.138. The van der Waals surface area contributed by atoms with E-state index in [4.69, 9.17) is 4.98 Å². The minimum absolute atomic E-state index is 0.131. The van der Waals surface area contributed by atoms with Crippen molar-refractivity contribution in [2.24, 2.45) is 0 Å². The average molecular weight is 475 g/mol. The fourth-order valence-corrected chi connectivity index (χ4v) is 4.52. The molecule has 2 aliphatic rings. The molecular formula is C23H25F4N7. The van der Waals surface area contributed by atoms with Crippen LogP contribution in [-0.2, 0) is 12.7 Å². The summed E-state index contributed by atoms with van der Waals surface area (Å²) in [5.41, 5.74) is 0.397. The first-order valence-corrected chi connectivity index (χ1v) is 11.4. The molecule has 5 rings (SSSR count). The molecule has 1 fully saturated rings. The van der Waals surface area contributed by atoms with Crippen LogP contribution in [0.25, 0.3) is 11.3 Å². The molecule has 0 atom stereocenters. The Morgan fingerprint density at radius 2 is 1.91 bits per heavy atom. The van der Waals surface area contributed by atoms with Gasteiger partial charge in [0, 0.05) is 31.4 Å². The van der Waals surface area contributed by atoms with Gasteiger partial charge in [0.25, 0.3) is 0 Å². The standard InChI is InChI=1S/C23H25F4N7/c24-17-2-3-19(23(25,26)27)15(10-17)13-33-9-1-6-29-21-22(33)32-20(12-30-21)16-11-31-34(14-16)18-4-7-28-8-5-18/h2-3,10-12,14,18,28H,1,4-9,13H2,(H,29,30). The van der Waals surface area contributed by atoms with Gasteiger partial charge in [-0.1, -0.05) is 0 Å². The maximum absolute atomic E-state index is 13.9. The van der Waals surface area contributed by atoms with E-state index < -0.39 is 17.6 Å². The van der Waals surface area contributed by atoms with Gasteiger partial charge in [-0.3, -0.25) is 4.68 Å². The molecule has 0 spiro atoms. The van der Waals surface area contributed by atoms with Crippen molar-refractivity contribution in [1.82, 2.24) is 25.1 Å². The Kier molecular flexibility index (Phi) is 6.11. The molecule has 3 aromatic rings. The number of hydrogen-bond acceptors (Lipinski definition) is 6. The van der Waals surface area contributed by atoms with Gasteiger partial charge in [-0.15, -0.1) is 0 Å². The average Bonchev–Trinajstić information content (AvgIpc) is 3.23. The van der Waals surface area contributed by atoms with E-state index >= 15 is 0 Å². The summed E-state index contributed by atoms with van der Waals surface area (Å²) >= 11 is 0. The molecule has 2 aliphatic heterocycles. The zero-order valence-corrected chi connectivity index (χ0v) is 18.4. The van der Waals surface area contributed by atoms with Crippen molar-refractivity contribution in [3.63, 3.8) is 0 Å². The zero-order valence-electron chi connectivity index (χ0n) is 18.4. The minimum Gasteiger partial charge on any atom is -0.367 e. The molecule has 2 aromatic heterocycles. The van der Waals surface area contributed by atoms with Crippen molar-refractivity contribution in [3.8, 4) is 11.3 Å². The highest BCUT2D eigenvalue weighted by molar-refractivity contribution is 5.67. The molecule has 7 nitrogen and oxygen atoms in total. The van der Waals surface area contributed by atoms with E-state index in [0.717, 1.165) is 49.7 Å². The van der Waals surface area contributed by atoms with Gasteiger partial charge in [0.1, 0.15) is 5.82 Å². The number of anilines is 2. The molecule has 0 radical (unpaired) electrons. The van der Waals surface area contributed by atoms with E-state index in [0.29, 0.717) is 42.9 Å². The summed E-state index contributed by atoms with van der Waals surface area (Å²) in [6.45, 7) is 2.83. The van der Waals surface area contributed by atoms with Crippen LogP contribution in [0, 0.1) is 5.82 Å². The molecule has 34 heavy (non-hydrogen) atoms. The smallest absolute Gasteiger partial charge is 0.367 e. The van der Waals surface area contributed by atoms with E-state index in [-0.39, 0.29) is 12.1 Å². The molecule has 0 amide bonds. The van der Waals surface area contributed by atoms with Crippen molar-refractivity contribution in [3.05, 3.63) is 53.7 Å². The maximum Gasteiger partial charge on any atom is 0.416 e. The van der Waals surface area contributed by atoms with Gasteiger partial charge in [0.05, 0.1) is 29.7 Å². The number of aromatic nitrogens is 4. The lowest BCUT2D eigenvalue weighted by Gasteiger charge is -2.25. The van der Waals surface area contributed by atoms with E-state index in [2.05, 4.69) is 20.7 Å². The Morgan fingerprint density at radius 1 is 1.09 bits per heavy atom. The Hall–Kier alpha value is -3.21. The number of hydrogen-bond donors (Lipinski definition) is 2. The topological polar surface area (TPSA) is 70.9 Å². The largest absolute Gasteiger partial charge is 0.416 e. The van der Waals surface area contributed by atoms with Crippen molar-refractivity contribution >= 4 is 11.6 Å². The van der Waals surface area contributed by atoms with Crippen LogP contribution in [0.15, 0.2) is 36.8 Å². The second kappa shape index (κ2) is 9.21. The molecule has 1 saturated heterocycles. The number of piperidine rings is 1. The Morgan fingerprint density at radius 3 is 2.71 bits per heavy atom. The van der Waals surface area contributed by atoms with E-state index in [1.165, 1.54) is 0 Å². The first kappa shape index (κ1) is 22.6. The third kappa shape index (κ3) is 4.70. The second-order valence-corrected chi connectivity index (χ2v) is 8.62. The summed E-state index contributed by atoms with van der Waals surface area (Å²) in [5.74, 6) is 0.236.